The van der Waals surface area contributed by atoms with E-state index in [1.54, 1.807) is 178 Å². The Hall–Kier alpha value is -15.3. The lowest BCUT2D eigenvalue weighted by molar-refractivity contribution is 0.0604. The van der Waals surface area contributed by atoms with Gasteiger partial charge in [0, 0.05) is 124 Å². The van der Waals surface area contributed by atoms with Gasteiger partial charge >= 0.3 is 23.0 Å². The number of aliphatic hydroxyl groups excluding tert-OH is 3. The van der Waals surface area contributed by atoms with Crippen LogP contribution >= 0.6 is 47.8 Å². The zero-order valence-electron chi connectivity index (χ0n) is 80.8. The van der Waals surface area contributed by atoms with Crippen molar-refractivity contribution in [1.29, 1.82) is 0 Å². The van der Waals surface area contributed by atoms with E-state index in [1.165, 1.54) is 32.7 Å². The highest BCUT2D eigenvalue weighted by atomic mass is 79.9. The van der Waals surface area contributed by atoms with E-state index in [2.05, 4.69) is 99.0 Å². The number of imidazole rings is 3. The van der Waals surface area contributed by atoms with E-state index in [1.807, 2.05) is 145 Å². The van der Waals surface area contributed by atoms with Crippen molar-refractivity contribution >= 4 is 83.3 Å². The van der Waals surface area contributed by atoms with Crippen LogP contribution in [0.5, 0.6) is 17.2 Å². The molecule has 6 atom stereocenters. The van der Waals surface area contributed by atoms with Crippen LogP contribution in [0, 0.1) is 20.8 Å². The number of amides is 5. The molecule has 9 heterocycles. The van der Waals surface area contributed by atoms with Crippen LogP contribution in [0.25, 0.3) is 50.8 Å². The first-order valence-corrected chi connectivity index (χ1v) is 49.2. The standard InChI is InChI=1S/2C36H35BrN6O5.C28H30N6O4.C8H7BrO2/c2*1-22-16-25(8-13-30(22)37)35(46)41-19-32-33(34(45)39-17-26-6-4-5-7-29(26)31-14-15-38-21-40-31)43(36(47)42(32)18-23(41)2)27-9-11-28(12-10-27)48-20-24(3)44;1-18-15-33-25(14-30-18)26(34(28(33)37)21-7-9-22(10-8-21)38-16-19(2)35)27(36)31-13-20-5-3-4-6-23(20)24-11-12-29-17-32-24;1-5-4-6(8(10)11)2-3-7(5)9/h2*4-16,21,23-24,44H,17-20H2,1-3H3,(H,39,45);3-12,17-19,30,35H,13-16H2,1-2H3,(H,31,36);2-4H,1H3,(H,10,11)/t23-,24+;23-,24-;18?,19-;/m011./s1. The minimum absolute atomic E-state index is 0.0627. The summed E-state index contributed by atoms with van der Waals surface area (Å²) in [6.07, 6.45) is 7.55. The molecule has 0 aliphatic carbocycles. The van der Waals surface area contributed by atoms with E-state index in [0.717, 1.165) is 80.6 Å². The average molecular weight is 2150 g/mol. The minimum atomic E-state index is -0.888. The number of carboxylic acid groups (broad SMARTS) is 1. The number of aromatic carboxylic acids is 1. The molecule has 0 saturated carbocycles. The molecule has 5 amide bonds. The molecule has 145 heavy (non-hydrogen) atoms. The van der Waals surface area contributed by atoms with Gasteiger partial charge in [0.15, 0.2) is 0 Å². The average Bonchev–Trinajstić information content (AvgIpc) is 1.60. The van der Waals surface area contributed by atoms with Gasteiger partial charge in [0.2, 0.25) is 0 Å². The molecule has 6 aromatic heterocycles. The van der Waals surface area contributed by atoms with E-state index in [9.17, 15) is 58.5 Å². The van der Waals surface area contributed by atoms with Crippen LogP contribution in [0.1, 0.15) is 155 Å². The predicted octanol–water partition coefficient (Wildman–Crippen LogP) is 14.5. The molecule has 34 nitrogen and oxygen atoms in total. The molecule has 3 aliphatic heterocycles. The molecular weight excluding hydrogens is 2050 g/mol. The van der Waals surface area contributed by atoms with Gasteiger partial charge in [-0.1, -0.05) is 121 Å². The normalized spacial score (nSPS) is 14.5. The van der Waals surface area contributed by atoms with Gasteiger partial charge < -0.3 is 65.7 Å². The zero-order valence-corrected chi connectivity index (χ0v) is 85.5. The van der Waals surface area contributed by atoms with Crippen molar-refractivity contribution in [2.45, 2.75) is 158 Å². The summed E-state index contributed by atoms with van der Waals surface area (Å²) in [6, 6.07) is 64.2. The summed E-state index contributed by atoms with van der Waals surface area (Å²) in [5, 5.41) is 49.7. The topological polar surface area (TPSA) is 424 Å². The number of ether oxygens (including phenoxy) is 3. The summed E-state index contributed by atoms with van der Waals surface area (Å²) in [6.45, 7) is 18.8. The molecule has 18 rings (SSSR count). The molecule has 0 fully saturated rings. The Morgan fingerprint density at radius 2 is 0.710 bits per heavy atom. The molecule has 3 aliphatic rings. The highest BCUT2D eigenvalue weighted by Crippen LogP contribution is 2.34. The molecule has 0 spiro atoms. The van der Waals surface area contributed by atoms with Crippen LogP contribution in [0.2, 0.25) is 0 Å². The third-order valence-corrected chi connectivity index (χ3v) is 27.2. The second kappa shape index (κ2) is 47.3. The molecular formula is C108H107Br3N18O16. The Morgan fingerprint density at radius 3 is 1.01 bits per heavy atom. The number of carboxylic acids is 1. The first-order chi connectivity index (χ1) is 69.8. The fourth-order valence-corrected chi connectivity index (χ4v) is 17.8. The number of aryl methyl sites for hydroxylation is 3. The van der Waals surface area contributed by atoms with Gasteiger partial charge in [0.1, 0.15) is 73.1 Å². The maximum absolute atomic E-state index is 14.2. The maximum Gasteiger partial charge on any atom is 0.335 e. The second-order valence-electron chi connectivity index (χ2n) is 35.4. The van der Waals surface area contributed by atoms with Crippen LogP contribution in [-0.4, -0.2) is 179 Å². The third kappa shape index (κ3) is 24.6. The number of hydrogen-bond acceptors (Lipinski definition) is 22. The van der Waals surface area contributed by atoms with Crippen LogP contribution in [-0.2, 0) is 58.9 Å². The molecule has 15 aromatic rings. The fourth-order valence-electron chi connectivity index (χ4n) is 17.1. The van der Waals surface area contributed by atoms with E-state index >= 15 is 0 Å². The number of aromatic nitrogens is 12. The molecule has 8 N–H and O–H groups in total. The van der Waals surface area contributed by atoms with E-state index in [4.69, 9.17) is 19.3 Å². The summed E-state index contributed by atoms with van der Waals surface area (Å²) >= 11 is 10.3. The van der Waals surface area contributed by atoms with E-state index in [0.29, 0.717) is 86.9 Å². The quantitative estimate of drug-likeness (QED) is 0.0237. The molecule has 0 saturated heterocycles. The summed E-state index contributed by atoms with van der Waals surface area (Å²) < 4.78 is 28.6. The van der Waals surface area contributed by atoms with Gasteiger partial charge in [-0.3, -0.25) is 51.4 Å². The Labute approximate surface area is 859 Å². The van der Waals surface area contributed by atoms with Gasteiger partial charge in [-0.15, -0.1) is 0 Å². The Bertz CT molecular complexity index is 7130. The van der Waals surface area contributed by atoms with Crippen LogP contribution in [0.15, 0.2) is 284 Å². The summed E-state index contributed by atoms with van der Waals surface area (Å²) in [5.41, 5.74) is 14.1. The largest absolute Gasteiger partial charge is 0.491 e. The number of benzene rings is 9. The van der Waals surface area contributed by atoms with Gasteiger partial charge in [-0.2, -0.15) is 0 Å². The molecule has 0 radical (unpaired) electrons. The smallest absolute Gasteiger partial charge is 0.335 e. The molecule has 9 aromatic carbocycles. The number of hydrogen-bond donors (Lipinski definition) is 8. The van der Waals surface area contributed by atoms with Crippen LogP contribution in [0.3, 0.4) is 0 Å². The van der Waals surface area contributed by atoms with Gasteiger partial charge in [-0.25, -0.2) is 49.1 Å². The van der Waals surface area contributed by atoms with Crippen molar-refractivity contribution < 1.29 is 63.4 Å². The summed E-state index contributed by atoms with van der Waals surface area (Å²) in [4.78, 5) is 150. The lowest BCUT2D eigenvalue weighted by atomic mass is 10.0. The number of carbonyl (C=O) groups is 6. The molecule has 37 heteroatoms. The van der Waals surface area contributed by atoms with Crippen LogP contribution in [0.4, 0.5) is 0 Å². The van der Waals surface area contributed by atoms with Crippen molar-refractivity contribution in [2.75, 3.05) is 19.8 Å². The predicted molar refractivity (Wildman–Crippen MR) is 556 cm³/mol. The third-order valence-electron chi connectivity index (χ3n) is 24.5. The van der Waals surface area contributed by atoms with Gasteiger partial charge in [0.25, 0.3) is 29.5 Å². The zero-order chi connectivity index (χ0) is 103. The number of rotatable bonds is 27. The lowest BCUT2D eigenvalue weighted by Gasteiger charge is -2.34. The molecule has 0 bridgehead atoms. The second-order valence-corrected chi connectivity index (χ2v) is 37.9. The summed E-state index contributed by atoms with van der Waals surface area (Å²) in [5.74, 6) is -0.945. The number of nitrogens with one attached hydrogen (secondary N) is 4. The van der Waals surface area contributed by atoms with Gasteiger partial charge in [-0.05, 0) is 241 Å². The van der Waals surface area contributed by atoms with E-state index in [-0.39, 0.29) is 130 Å². The van der Waals surface area contributed by atoms with Crippen molar-refractivity contribution in [2.24, 2.45) is 0 Å². The monoisotopic (exact) mass is 2150 g/mol. The Morgan fingerprint density at radius 1 is 0.407 bits per heavy atom. The molecule has 746 valence electrons. The number of carbonyl (C=O) groups excluding carboxylic acids is 5. The van der Waals surface area contributed by atoms with Crippen molar-refractivity contribution in [3.8, 4) is 68.1 Å². The highest BCUT2D eigenvalue weighted by molar-refractivity contribution is 9.11. The SMILES string of the molecule is CC1Cn2c(c(C(=O)NCc3ccccc3-c3ccncn3)n(-c3ccc(OC[C@@H](C)O)cc3)c2=O)CN1.Cc1cc(C(=O)N2Cc3c(C(=O)NCc4ccccc4-c4ccncn4)n(-c4ccc(OC[C@@H](C)O)cc4)c(=O)n3C[C@@H]2C)ccc1Br.Cc1cc(C(=O)N2Cc3c(C(=O)NCc4ccccc4-c4ccncn4)n(-c4ccc(OC[C@@H](C)O)cc4)c(=O)n3C[C@H]2C)ccc1Br.Cc1cc(C(=O)O)ccc1Br. The van der Waals surface area contributed by atoms with Crippen LogP contribution < -0.4 is 52.5 Å². The Balaban J connectivity index is 0.000000156. The summed E-state index contributed by atoms with van der Waals surface area (Å²) in [7, 11) is 0. The van der Waals surface area contributed by atoms with Crippen molar-refractivity contribution in [1.82, 2.24) is 88.4 Å². The lowest BCUT2D eigenvalue weighted by Crippen LogP contribution is -2.47. The molecule has 1 unspecified atom stereocenters. The first kappa shape index (κ1) is 104. The number of halogens is 3. The van der Waals surface area contributed by atoms with Crippen molar-refractivity contribution in [3.05, 3.63) is 385 Å². The van der Waals surface area contributed by atoms with Crippen molar-refractivity contribution in [3.63, 3.8) is 0 Å². The maximum atomic E-state index is 14.2. The number of aliphatic hydroxyl groups is 3. The fraction of sp³-hybridized carbons (Fsp3) is 0.250. The number of fused-ring (bicyclic) bond motifs is 3. The number of nitrogens with zero attached hydrogens (tertiary/aromatic N) is 14. The van der Waals surface area contributed by atoms with Gasteiger partial charge in [0.05, 0.1) is 88.2 Å². The Kier molecular flexibility index (Phi) is 34.0. The highest BCUT2D eigenvalue weighted by Gasteiger charge is 2.39. The first-order valence-electron chi connectivity index (χ1n) is 46.8. The minimum Gasteiger partial charge on any atom is -0.491 e. The van der Waals surface area contributed by atoms with E-state index < -0.39 is 36.1 Å².